The summed E-state index contributed by atoms with van der Waals surface area (Å²) in [5.74, 6) is 2.52. The van der Waals surface area contributed by atoms with E-state index in [0.29, 0.717) is 5.56 Å². The number of fused-ring (bicyclic) bond motifs is 3. The lowest BCUT2D eigenvalue weighted by Gasteiger charge is -2.06. The molecule has 0 aliphatic carbocycles. The first kappa shape index (κ1) is 13.4. The topological polar surface area (TPSA) is 22.0 Å². The number of rotatable bonds is 1. The summed E-state index contributed by atoms with van der Waals surface area (Å²) >= 11 is 0. The van der Waals surface area contributed by atoms with Gasteiger partial charge in [-0.25, -0.2) is 0 Å². The number of nitrogens with zero attached hydrogens (tertiary/aromatic N) is 1. The summed E-state index contributed by atoms with van der Waals surface area (Å²) in [5, 5.41) is 2.16. The molecular formula is C21H13NO. The Morgan fingerprint density at radius 3 is 1.83 bits per heavy atom. The van der Waals surface area contributed by atoms with Gasteiger partial charge in [0.15, 0.2) is 0 Å². The number of hydrogen-bond donors (Lipinski definition) is 0. The van der Waals surface area contributed by atoms with Crippen LogP contribution in [0.15, 0.2) is 72.8 Å². The van der Waals surface area contributed by atoms with E-state index in [9.17, 15) is 4.79 Å². The Bertz CT molecular complexity index is 1030. The van der Waals surface area contributed by atoms with Crippen LogP contribution in [0.5, 0.6) is 0 Å². The van der Waals surface area contributed by atoms with Crippen molar-refractivity contribution in [3.05, 3.63) is 83.9 Å². The van der Waals surface area contributed by atoms with Gasteiger partial charge < -0.3 is 0 Å². The van der Waals surface area contributed by atoms with E-state index in [-0.39, 0.29) is 5.91 Å². The molecule has 23 heavy (non-hydrogen) atoms. The highest BCUT2D eigenvalue weighted by Gasteiger charge is 2.16. The van der Waals surface area contributed by atoms with Gasteiger partial charge in [0.1, 0.15) is 0 Å². The zero-order valence-electron chi connectivity index (χ0n) is 12.4. The Hall–Kier alpha value is -3.31. The normalized spacial score (nSPS) is 10.7. The van der Waals surface area contributed by atoms with E-state index < -0.39 is 0 Å². The molecule has 2 heteroatoms. The number of hydrogen-bond acceptors (Lipinski definition) is 1. The maximum Gasteiger partial charge on any atom is 0.262 e. The summed E-state index contributed by atoms with van der Waals surface area (Å²) in [6, 6.07) is 23.1. The summed E-state index contributed by atoms with van der Waals surface area (Å²) in [5.41, 5.74) is 3.22. The average Bonchev–Trinajstić information content (AvgIpc) is 2.96. The zero-order chi connectivity index (χ0) is 15.8. The van der Waals surface area contributed by atoms with E-state index in [4.69, 9.17) is 6.42 Å². The number of aromatic nitrogens is 1. The van der Waals surface area contributed by atoms with Crippen LogP contribution in [0.2, 0.25) is 0 Å². The fourth-order valence-electron chi connectivity index (χ4n) is 2.98. The SMILES string of the molecule is C#Cc1ccc(C(=O)n2c3ccccc3c3ccccc32)cc1. The summed E-state index contributed by atoms with van der Waals surface area (Å²) in [4.78, 5) is 13.0. The molecular weight excluding hydrogens is 282 g/mol. The molecule has 0 N–H and O–H groups in total. The summed E-state index contributed by atoms with van der Waals surface area (Å²) in [7, 11) is 0. The molecule has 0 radical (unpaired) electrons. The molecule has 0 saturated heterocycles. The van der Waals surface area contributed by atoms with Crippen molar-refractivity contribution in [3.8, 4) is 12.3 Å². The third kappa shape index (κ3) is 2.03. The second-order valence-electron chi connectivity index (χ2n) is 5.40. The maximum absolute atomic E-state index is 13.0. The minimum Gasteiger partial charge on any atom is -0.276 e. The van der Waals surface area contributed by atoms with Crippen LogP contribution in [-0.4, -0.2) is 10.5 Å². The van der Waals surface area contributed by atoms with E-state index in [1.165, 1.54) is 0 Å². The lowest BCUT2D eigenvalue weighted by molar-refractivity contribution is 0.0969. The van der Waals surface area contributed by atoms with Gasteiger partial charge in [0, 0.05) is 21.9 Å². The van der Waals surface area contributed by atoms with Crippen molar-refractivity contribution in [3.63, 3.8) is 0 Å². The molecule has 0 atom stereocenters. The fourth-order valence-corrected chi connectivity index (χ4v) is 2.98. The molecule has 1 aromatic heterocycles. The molecule has 3 aromatic carbocycles. The predicted octanol–water partition coefficient (Wildman–Crippen LogP) is 4.46. The molecule has 0 bridgehead atoms. The molecule has 2 nitrogen and oxygen atoms in total. The molecule has 0 unspecified atom stereocenters. The monoisotopic (exact) mass is 295 g/mol. The fraction of sp³-hybridized carbons (Fsp3) is 0. The standard InChI is InChI=1S/C21H13NO/c1-2-15-11-13-16(14-12-15)21(23)22-19-9-5-3-7-17(19)18-8-4-6-10-20(18)22/h1,3-14H. The highest BCUT2D eigenvalue weighted by atomic mass is 16.2. The largest absolute Gasteiger partial charge is 0.276 e. The molecule has 1 heterocycles. The third-order valence-electron chi connectivity index (χ3n) is 4.08. The Balaban J connectivity index is 1.99. The van der Waals surface area contributed by atoms with Crippen LogP contribution in [0, 0.1) is 12.3 Å². The van der Waals surface area contributed by atoms with Crippen molar-refractivity contribution in [1.29, 1.82) is 0 Å². The first-order chi connectivity index (χ1) is 11.3. The Labute approximate surface area is 134 Å². The minimum atomic E-state index is -0.0500. The number of carbonyl (C=O) groups is 1. The van der Waals surface area contributed by atoms with Crippen molar-refractivity contribution in [2.24, 2.45) is 0 Å². The van der Waals surface area contributed by atoms with Gasteiger partial charge in [-0.2, -0.15) is 0 Å². The van der Waals surface area contributed by atoms with Gasteiger partial charge in [-0.05, 0) is 36.4 Å². The van der Waals surface area contributed by atoms with Gasteiger partial charge in [-0.15, -0.1) is 6.42 Å². The molecule has 4 aromatic rings. The van der Waals surface area contributed by atoms with E-state index in [2.05, 4.69) is 5.92 Å². The quantitative estimate of drug-likeness (QED) is 0.475. The molecule has 4 rings (SSSR count). The lowest BCUT2D eigenvalue weighted by Crippen LogP contribution is -2.11. The van der Waals surface area contributed by atoms with Gasteiger partial charge >= 0.3 is 0 Å². The van der Waals surface area contributed by atoms with Crippen LogP contribution < -0.4 is 0 Å². The molecule has 0 spiro atoms. The molecule has 0 saturated carbocycles. The van der Waals surface area contributed by atoms with Crippen LogP contribution in [0.25, 0.3) is 21.8 Å². The van der Waals surface area contributed by atoms with Crippen LogP contribution in [0.4, 0.5) is 0 Å². The second-order valence-corrected chi connectivity index (χ2v) is 5.40. The molecule has 0 amide bonds. The predicted molar refractivity (Wildman–Crippen MR) is 93.5 cm³/mol. The lowest BCUT2D eigenvalue weighted by atomic mass is 10.1. The molecule has 0 aliphatic heterocycles. The second kappa shape index (κ2) is 5.15. The van der Waals surface area contributed by atoms with Crippen LogP contribution in [-0.2, 0) is 0 Å². The van der Waals surface area contributed by atoms with E-state index >= 15 is 0 Å². The molecule has 0 fully saturated rings. The van der Waals surface area contributed by atoms with Gasteiger partial charge in [0.2, 0.25) is 0 Å². The Kier molecular flexibility index (Phi) is 2.99. The van der Waals surface area contributed by atoms with Crippen molar-refractivity contribution < 1.29 is 4.79 Å². The van der Waals surface area contributed by atoms with Gasteiger partial charge in [-0.1, -0.05) is 42.3 Å². The molecule has 108 valence electrons. The van der Waals surface area contributed by atoms with E-state index in [1.807, 2.05) is 48.5 Å². The summed E-state index contributed by atoms with van der Waals surface area (Å²) < 4.78 is 1.77. The van der Waals surface area contributed by atoms with E-state index in [1.54, 1.807) is 28.8 Å². The van der Waals surface area contributed by atoms with Gasteiger partial charge in [-0.3, -0.25) is 9.36 Å². The van der Waals surface area contributed by atoms with Gasteiger partial charge in [0.25, 0.3) is 5.91 Å². The molecule has 0 aliphatic rings. The van der Waals surface area contributed by atoms with E-state index in [0.717, 1.165) is 27.4 Å². The first-order valence-corrected chi connectivity index (χ1v) is 7.39. The number of carbonyl (C=O) groups excluding carboxylic acids is 1. The Morgan fingerprint density at radius 2 is 1.30 bits per heavy atom. The highest BCUT2D eigenvalue weighted by Crippen LogP contribution is 2.29. The van der Waals surface area contributed by atoms with Crippen molar-refractivity contribution >= 4 is 27.7 Å². The van der Waals surface area contributed by atoms with Crippen LogP contribution in [0.3, 0.4) is 0 Å². The average molecular weight is 295 g/mol. The van der Waals surface area contributed by atoms with Crippen LogP contribution in [0.1, 0.15) is 15.9 Å². The number of terminal acetylenes is 1. The maximum atomic E-state index is 13.0. The van der Waals surface area contributed by atoms with Crippen molar-refractivity contribution in [2.75, 3.05) is 0 Å². The third-order valence-corrected chi connectivity index (χ3v) is 4.08. The Morgan fingerprint density at radius 1 is 0.783 bits per heavy atom. The zero-order valence-corrected chi connectivity index (χ0v) is 12.4. The minimum absolute atomic E-state index is 0.0500. The number of para-hydroxylation sites is 2. The smallest absolute Gasteiger partial charge is 0.262 e. The summed E-state index contributed by atoms with van der Waals surface area (Å²) in [6.07, 6.45) is 5.38. The first-order valence-electron chi connectivity index (χ1n) is 7.39. The highest BCUT2D eigenvalue weighted by molar-refractivity contribution is 6.16. The van der Waals surface area contributed by atoms with Gasteiger partial charge in [0.05, 0.1) is 11.0 Å². The summed E-state index contributed by atoms with van der Waals surface area (Å²) in [6.45, 7) is 0. The van der Waals surface area contributed by atoms with Crippen LogP contribution >= 0.6 is 0 Å². The van der Waals surface area contributed by atoms with Crippen molar-refractivity contribution in [1.82, 2.24) is 4.57 Å². The van der Waals surface area contributed by atoms with Crippen molar-refractivity contribution in [2.45, 2.75) is 0 Å². The number of benzene rings is 3.